The van der Waals surface area contributed by atoms with E-state index in [4.69, 9.17) is 4.74 Å². The van der Waals surface area contributed by atoms with Crippen molar-refractivity contribution in [3.8, 4) is 0 Å². The van der Waals surface area contributed by atoms with Crippen molar-refractivity contribution in [2.24, 2.45) is 0 Å². The molecule has 1 heteroatoms. The molecule has 0 radical (unpaired) electrons. The van der Waals surface area contributed by atoms with Crippen molar-refractivity contribution in [1.29, 1.82) is 0 Å². The predicted molar refractivity (Wildman–Crippen MR) is 40.5 cm³/mol. The monoisotopic (exact) mass is 128 g/mol. The molecule has 0 bridgehead atoms. The number of allylic oxidation sites excluding steroid dienone is 1. The Morgan fingerprint density at radius 2 is 2.11 bits per heavy atom. The van der Waals surface area contributed by atoms with E-state index in [1.807, 2.05) is 0 Å². The molecule has 0 saturated heterocycles. The van der Waals surface area contributed by atoms with Gasteiger partial charge in [0.1, 0.15) is 0 Å². The van der Waals surface area contributed by atoms with Crippen LogP contribution in [-0.2, 0) is 4.74 Å². The van der Waals surface area contributed by atoms with Crippen molar-refractivity contribution in [3.05, 3.63) is 11.6 Å². The van der Waals surface area contributed by atoms with Crippen LogP contribution in [0.1, 0.15) is 27.2 Å². The molecule has 0 aliphatic rings. The number of hydrogen-bond acceptors (Lipinski definition) is 1. The maximum absolute atomic E-state index is 5.22. The van der Waals surface area contributed by atoms with E-state index < -0.39 is 0 Å². The second kappa shape index (κ2) is 5.83. The molecule has 0 spiro atoms. The number of ether oxygens (including phenoxy) is 1. The third kappa shape index (κ3) is 7.70. The summed E-state index contributed by atoms with van der Waals surface area (Å²) in [6.45, 7) is 7.92. The molecule has 1 nitrogen and oxygen atoms in total. The lowest BCUT2D eigenvalue weighted by molar-refractivity contribution is 0.162. The van der Waals surface area contributed by atoms with Gasteiger partial charge < -0.3 is 4.74 Å². The van der Waals surface area contributed by atoms with Crippen molar-refractivity contribution >= 4 is 0 Å². The normalized spacial score (nSPS) is 9.22. The van der Waals surface area contributed by atoms with Crippen molar-refractivity contribution in [1.82, 2.24) is 0 Å². The Morgan fingerprint density at radius 1 is 1.44 bits per heavy atom. The fraction of sp³-hybridized carbons (Fsp3) is 0.750. The molecule has 0 aromatic carbocycles. The van der Waals surface area contributed by atoms with E-state index in [1.165, 1.54) is 5.57 Å². The molecule has 0 rings (SSSR count). The Balaban J connectivity index is 3.00. The molecule has 0 aliphatic heterocycles. The third-order valence-electron chi connectivity index (χ3n) is 0.958. The first kappa shape index (κ1) is 8.70. The van der Waals surface area contributed by atoms with Gasteiger partial charge in [-0.3, -0.25) is 0 Å². The molecule has 0 saturated carbocycles. The molecule has 0 aromatic heterocycles. The molecule has 9 heavy (non-hydrogen) atoms. The molecule has 0 aliphatic carbocycles. The molecular weight excluding hydrogens is 112 g/mol. The summed E-state index contributed by atoms with van der Waals surface area (Å²) < 4.78 is 5.22. The van der Waals surface area contributed by atoms with E-state index in [0.717, 1.165) is 19.6 Å². The lowest BCUT2D eigenvalue weighted by atomic mass is 10.3. The number of rotatable bonds is 4. The maximum atomic E-state index is 5.22. The minimum absolute atomic E-state index is 0.774. The lowest BCUT2D eigenvalue weighted by Crippen LogP contribution is -1.91. The predicted octanol–water partition coefficient (Wildman–Crippen LogP) is 2.38. The fourth-order valence-electron chi connectivity index (χ4n) is 0.453. The standard InChI is InChI=1S/C8H16O/c1-4-6-9-7-5-8(2)3/h5H,4,6-7H2,1-3H3. The largest absolute Gasteiger partial charge is 0.377 e. The third-order valence-corrected chi connectivity index (χ3v) is 0.958. The van der Waals surface area contributed by atoms with Gasteiger partial charge >= 0.3 is 0 Å². The maximum Gasteiger partial charge on any atom is 0.0649 e. The zero-order valence-corrected chi connectivity index (χ0v) is 6.61. The summed E-state index contributed by atoms with van der Waals surface area (Å²) in [5.74, 6) is 0. The Hall–Kier alpha value is -0.300. The van der Waals surface area contributed by atoms with Crippen molar-refractivity contribution < 1.29 is 4.74 Å². The van der Waals surface area contributed by atoms with Crippen molar-refractivity contribution in [2.75, 3.05) is 13.2 Å². The van der Waals surface area contributed by atoms with Crippen LogP contribution in [0.15, 0.2) is 11.6 Å². The van der Waals surface area contributed by atoms with E-state index >= 15 is 0 Å². The highest BCUT2D eigenvalue weighted by molar-refractivity contribution is 4.92. The van der Waals surface area contributed by atoms with E-state index in [1.54, 1.807) is 0 Å². The Morgan fingerprint density at radius 3 is 2.56 bits per heavy atom. The first-order valence-corrected chi connectivity index (χ1v) is 3.48. The molecule has 0 unspecified atom stereocenters. The summed E-state index contributed by atoms with van der Waals surface area (Å²) in [7, 11) is 0. The molecule has 0 heterocycles. The Bertz CT molecular complexity index is 80.6. The smallest absolute Gasteiger partial charge is 0.0649 e. The van der Waals surface area contributed by atoms with Gasteiger partial charge in [-0.1, -0.05) is 18.6 Å². The van der Waals surface area contributed by atoms with Crippen molar-refractivity contribution in [2.45, 2.75) is 27.2 Å². The average molecular weight is 128 g/mol. The van der Waals surface area contributed by atoms with Gasteiger partial charge in [-0.15, -0.1) is 0 Å². The van der Waals surface area contributed by atoms with Crippen LogP contribution in [-0.4, -0.2) is 13.2 Å². The summed E-state index contributed by atoms with van der Waals surface area (Å²) >= 11 is 0. The first-order valence-electron chi connectivity index (χ1n) is 3.48. The minimum atomic E-state index is 0.774. The van der Waals surface area contributed by atoms with Crippen LogP contribution in [0, 0.1) is 0 Å². The van der Waals surface area contributed by atoms with Gasteiger partial charge in [-0.2, -0.15) is 0 Å². The SMILES string of the molecule is CCCOCC=C(C)C. The first-order chi connectivity index (χ1) is 4.27. The van der Waals surface area contributed by atoms with Crippen LogP contribution in [0.2, 0.25) is 0 Å². The highest BCUT2D eigenvalue weighted by Crippen LogP contribution is 1.88. The van der Waals surface area contributed by atoms with E-state index in [0.29, 0.717) is 0 Å². The second-order valence-electron chi connectivity index (χ2n) is 2.36. The summed E-state index contributed by atoms with van der Waals surface area (Å²) in [4.78, 5) is 0. The summed E-state index contributed by atoms with van der Waals surface area (Å²) in [5, 5.41) is 0. The summed E-state index contributed by atoms with van der Waals surface area (Å²) in [6.07, 6.45) is 3.20. The van der Waals surface area contributed by atoms with Gasteiger partial charge in [0.05, 0.1) is 6.61 Å². The molecule has 0 N–H and O–H groups in total. The van der Waals surface area contributed by atoms with Gasteiger partial charge in [-0.05, 0) is 20.3 Å². The molecule has 0 atom stereocenters. The van der Waals surface area contributed by atoms with Gasteiger partial charge in [0.2, 0.25) is 0 Å². The molecular formula is C8H16O. The molecule has 0 fully saturated rings. The molecule has 0 aromatic rings. The lowest BCUT2D eigenvalue weighted by Gasteiger charge is -1.96. The van der Waals surface area contributed by atoms with E-state index in [-0.39, 0.29) is 0 Å². The highest BCUT2D eigenvalue weighted by Gasteiger charge is 1.79. The van der Waals surface area contributed by atoms with Gasteiger partial charge in [0, 0.05) is 6.61 Å². The average Bonchev–Trinajstić information content (AvgIpc) is 1.80. The Kier molecular flexibility index (Phi) is 5.64. The minimum Gasteiger partial charge on any atom is -0.377 e. The topological polar surface area (TPSA) is 9.23 Å². The highest BCUT2D eigenvalue weighted by atomic mass is 16.5. The van der Waals surface area contributed by atoms with Crippen LogP contribution < -0.4 is 0 Å². The van der Waals surface area contributed by atoms with Crippen LogP contribution >= 0.6 is 0 Å². The quantitative estimate of drug-likeness (QED) is 0.417. The fourth-order valence-corrected chi connectivity index (χ4v) is 0.453. The summed E-state index contributed by atoms with van der Waals surface area (Å²) in [6, 6.07) is 0. The van der Waals surface area contributed by atoms with Crippen LogP contribution in [0.4, 0.5) is 0 Å². The zero-order valence-electron chi connectivity index (χ0n) is 6.61. The van der Waals surface area contributed by atoms with Crippen LogP contribution in [0.25, 0.3) is 0 Å². The second-order valence-corrected chi connectivity index (χ2v) is 2.36. The van der Waals surface area contributed by atoms with Gasteiger partial charge in [0.25, 0.3) is 0 Å². The zero-order chi connectivity index (χ0) is 7.11. The van der Waals surface area contributed by atoms with Gasteiger partial charge in [-0.25, -0.2) is 0 Å². The van der Waals surface area contributed by atoms with Crippen molar-refractivity contribution in [3.63, 3.8) is 0 Å². The van der Waals surface area contributed by atoms with Crippen LogP contribution in [0.3, 0.4) is 0 Å². The van der Waals surface area contributed by atoms with Gasteiger partial charge in [0.15, 0.2) is 0 Å². The van der Waals surface area contributed by atoms with E-state index in [2.05, 4.69) is 26.8 Å². The Labute approximate surface area is 57.7 Å². The molecule has 54 valence electrons. The van der Waals surface area contributed by atoms with E-state index in [9.17, 15) is 0 Å². The number of hydrogen-bond donors (Lipinski definition) is 0. The summed E-state index contributed by atoms with van der Waals surface area (Å²) in [5.41, 5.74) is 1.33. The molecule has 0 amide bonds. The van der Waals surface area contributed by atoms with Crippen LogP contribution in [0.5, 0.6) is 0 Å².